The van der Waals surface area contributed by atoms with Crippen molar-refractivity contribution in [1.29, 1.82) is 0 Å². The molecule has 0 unspecified atom stereocenters. The number of rotatable bonds is 7. The van der Waals surface area contributed by atoms with E-state index in [1.165, 1.54) is 0 Å². The van der Waals surface area contributed by atoms with E-state index in [0.29, 0.717) is 18.8 Å². The normalized spacial score (nSPS) is 10.3. The molecule has 0 radical (unpaired) electrons. The van der Waals surface area contributed by atoms with Crippen molar-refractivity contribution in [3.63, 3.8) is 0 Å². The maximum absolute atomic E-state index is 12.3. The van der Waals surface area contributed by atoms with E-state index < -0.39 is 0 Å². The van der Waals surface area contributed by atoms with Crippen LogP contribution in [0.4, 0.5) is 0 Å². The van der Waals surface area contributed by atoms with Crippen LogP contribution in [0.5, 0.6) is 0 Å². The van der Waals surface area contributed by atoms with Gasteiger partial charge in [-0.25, -0.2) is 0 Å². The average Bonchev–Trinajstić information content (AvgIpc) is 3.02. The summed E-state index contributed by atoms with van der Waals surface area (Å²) in [6.45, 7) is 0.791. The largest absolute Gasteiger partial charge is 0.383 e. The highest BCUT2D eigenvalue weighted by Crippen LogP contribution is 2.15. The summed E-state index contributed by atoms with van der Waals surface area (Å²) in [6.07, 6.45) is 1.82. The SMILES string of the molecule is COCCNC(=O)CNC(=O)c1cccn1-c1cccc(I)c1. The maximum Gasteiger partial charge on any atom is 0.268 e. The standard InChI is InChI=1S/C16H18IN3O3/c1-23-9-7-18-15(21)11-19-16(22)14-6-3-8-20(14)13-5-2-4-12(17)10-13/h2-6,8,10H,7,9,11H2,1H3,(H,18,21)(H,19,22). The van der Waals surface area contributed by atoms with Crippen LogP contribution in [0.15, 0.2) is 42.6 Å². The fraction of sp³-hybridized carbons (Fsp3) is 0.250. The van der Waals surface area contributed by atoms with Gasteiger partial charge in [-0.1, -0.05) is 6.07 Å². The molecule has 2 rings (SSSR count). The molecule has 23 heavy (non-hydrogen) atoms. The fourth-order valence-electron chi connectivity index (χ4n) is 2.02. The predicted molar refractivity (Wildman–Crippen MR) is 95.7 cm³/mol. The molecule has 122 valence electrons. The van der Waals surface area contributed by atoms with Crippen LogP contribution in [-0.2, 0) is 9.53 Å². The van der Waals surface area contributed by atoms with Gasteiger partial charge in [0.2, 0.25) is 5.91 Å². The van der Waals surface area contributed by atoms with Gasteiger partial charge in [-0.3, -0.25) is 9.59 Å². The molecular weight excluding hydrogens is 409 g/mol. The first-order valence-electron chi connectivity index (χ1n) is 7.09. The highest BCUT2D eigenvalue weighted by atomic mass is 127. The highest BCUT2D eigenvalue weighted by Gasteiger charge is 2.13. The van der Waals surface area contributed by atoms with E-state index in [1.807, 2.05) is 30.5 Å². The van der Waals surface area contributed by atoms with Gasteiger partial charge in [-0.15, -0.1) is 0 Å². The molecule has 0 bridgehead atoms. The van der Waals surface area contributed by atoms with Crippen LogP contribution < -0.4 is 10.6 Å². The van der Waals surface area contributed by atoms with Crippen LogP contribution in [-0.4, -0.2) is 43.2 Å². The number of ether oxygens (including phenoxy) is 1. The minimum atomic E-state index is -0.296. The summed E-state index contributed by atoms with van der Waals surface area (Å²) in [4.78, 5) is 23.9. The number of nitrogens with zero attached hydrogens (tertiary/aromatic N) is 1. The molecule has 0 aliphatic carbocycles. The molecule has 0 atom stereocenters. The zero-order valence-electron chi connectivity index (χ0n) is 12.7. The van der Waals surface area contributed by atoms with Crippen molar-refractivity contribution in [3.8, 4) is 5.69 Å². The van der Waals surface area contributed by atoms with Crippen LogP contribution in [0.1, 0.15) is 10.5 Å². The van der Waals surface area contributed by atoms with E-state index in [9.17, 15) is 9.59 Å². The van der Waals surface area contributed by atoms with E-state index in [-0.39, 0.29) is 18.4 Å². The molecule has 0 saturated carbocycles. The second-order valence-electron chi connectivity index (χ2n) is 4.77. The van der Waals surface area contributed by atoms with Crippen molar-refractivity contribution >= 4 is 34.4 Å². The summed E-state index contributed by atoms with van der Waals surface area (Å²) in [7, 11) is 1.56. The molecule has 0 saturated heterocycles. The third-order valence-electron chi connectivity index (χ3n) is 3.11. The molecule has 2 aromatic rings. The van der Waals surface area contributed by atoms with Crippen molar-refractivity contribution in [3.05, 3.63) is 51.9 Å². The summed E-state index contributed by atoms with van der Waals surface area (Å²) in [5.41, 5.74) is 1.38. The van der Waals surface area contributed by atoms with Crippen LogP contribution >= 0.6 is 22.6 Å². The maximum atomic E-state index is 12.3. The van der Waals surface area contributed by atoms with Gasteiger partial charge in [0.1, 0.15) is 5.69 Å². The Morgan fingerprint density at radius 3 is 2.78 bits per heavy atom. The quantitative estimate of drug-likeness (QED) is 0.521. The zero-order chi connectivity index (χ0) is 16.7. The first kappa shape index (κ1) is 17.5. The van der Waals surface area contributed by atoms with E-state index >= 15 is 0 Å². The minimum absolute atomic E-state index is 0.0694. The number of hydrogen-bond acceptors (Lipinski definition) is 3. The molecule has 0 aliphatic rings. The van der Waals surface area contributed by atoms with Gasteiger partial charge in [0, 0.05) is 29.1 Å². The van der Waals surface area contributed by atoms with E-state index in [0.717, 1.165) is 9.26 Å². The lowest BCUT2D eigenvalue weighted by Crippen LogP contribution is -2.38. The Kier molecular flexibility index (Phi) is 6.60. The van der Waals surface area contributed by atoms with Crippen molar-refractivity contribution in [2.75, 3.05) is 26.8 Å². The van der Waals surface area contributed by atoms with Gasteiger partial charge in [-0.2, -0.15) is 0 Å². The van der Waals surface area contributed by atoms with Gasteiger partial charge >= 0.3 is 0 Å². The molecule has 6 nitrogen and oxygen atoms in total. The van der Waals surface area contributed by atoms with Gasteiger partial charge in [-0.05, 0) is 52.9 Å². The summed E-state index contributed by atoms with van der Waals surface area (Å²) >= 11 is 2.22. The molecule has 1 heterocycles. The average molecular weight is 427 g/mol. The van der Waals surface area contributed by atoms with E-state index in [4.69, 9.17) is 4.74 Å². The number of halogens is 1. The number of methoxy groups -OCH3 is 1. The fourth-order valence-corrected chi connectivity index (χ4v) is 2.55. The summed E-state index contributed by atoms with van der Waals surface area (Å²) < 4.78 is 7.72. The third-order valence-corrected chi connectivity index (χ3v) is 3.78. The topological polar surface area (TPSA) is 72.4 Å². The Balaban J connectivity index is 1.99. The van der Waals surface area contributed by atoms with Gasteiger partial charge in [0.15, 0.2) is 0 Å². The summed E-state index contributed by atoms with van der Waals surface area (Å²) in [6, 6.07) is 11.3. The van der Waals surface area contributed by atoms with Crippen LogP contribution in [0.3, 0.4) is 0 Å². The van der Waals surface area contributed by atoms with Gasteiger partial charge < -0.3 is 19.9 Å². The smallest absolute Gasteiger partial charge is 0.268 e. The lowest BCUT2D eigenvalue weighted by atomic mass is 10.3. The Hall–Kier alpha value is -1.87. The Labute approximate surface area is 148 Å². The van der Waals surface area contributed by atoms with E-state index in [1.54, 1.807) is 23.8 Å². The summed E-state index contributed by atoms with van der Waals surface area (Å²) in [5.74, 6) is -0.543. The number of amides is 2. The minimum Gasteiger partial charge on any atom is -0.383 e. The molecule has 2 N–H and O–H groups in total. The van der Waals surface area contributed by atoms with Crippen molar-refractivity contribution in [2.24, 2.45) is 0 Å². The summed E-state index contributed by atoms with van der Waals surface area (Å²) in [5, 5.41) is 5.27. The number of aromatic nitrogens is 1. The number of benzene rings is 1. The van der Waals surface area contributed by atoms with Crippen LogP contribution in [0.25, 0.3) is 5.69 Å². The lowest BCUT2D eigenvalue weighted by molar-refractivity contribution is -0.120. The number of carbonyl (C=O) groups excluding carboxylic acids is 2. The monoisotopic (exact) mass is 427 g/mol. The van der Waals surface area contributed by atoms with Crippen molar-refractivity contribution in [1.82, 2.24) is 15.2 Å². The number of carbonyl (C=O) groups is 2. The second-order valence-corrected chi connectivity index (χ2v) is 6.01. The molecule has 1 aromatic carbocycles. The van der Waals surface area contributed by atoms with Crippen LogP contribution in [0, 0.1) is 3.57 Å². The number of nitrogens with one attached hydrogen (secondary N) is 2. The first-order chi connectivity index (χ1) is 11.1. The second kappa shape index (κ2) is 8.68. The molecule has 0 spiro atoms. The number of hydrogen-bond donors (Lipinski definition) is 2. The zero-order valence-corrected chi connectivity index (χ0v) is 14.9. The molecule has 0 fully saturated rings. The van der Waals surface area contributed by atoms with Crippen LogP contribution in [0.2, 0.25) is 0 Å². The Bertz CT molecular complexity index is 685. The molecule has 7 heteroatoms. The molecular formula is C16H18IN3O3. The predicted octanol–water partition coefficient (Wildman–Crippen LogP) is 1.57. The first-order valence-corrected chi connectivity index (χ1v) is 8.17. The van der Waals surface area contributed by atoms with Gasteiger partial charge in [0.25, 0.3) is 5.91 Å². The molecule has 1 aromatic heterocycles. The Morgan fingerprint density at radius 1 is 1.22 bits per heavy atom. The van der Waals surface area contributed by atoms with Crippen molar-refractivity contribution in [2.45, 2.75) is 0 Å². The van der Waals surface area contributed by atoms with Crippen molar-refractivity contribution < 1.29 is 14.3 Å². The highest BCUT2D eigenvalue weighted by molar-refractivity contribution is 14.1. The van der Waals surface area contributed by atoms with Gasteiger partial charge in [0.05, 0.1) is 13.2 Å². The van der Waals surface area contributed by atoms with E-state index in [2.05, 4.69) is 33.2 Å². The lowest BCUT2D eigenvalue weighted by Gasteiger charge is -2.10. The molecule has 2 amide bonds. The Morgan fingerprint density at radius 2 is 2.04 bits per heavy atom. The third kappa shape index (κ3) is 5.07. The molecule has 0 aliphatic heterocycles.